The second-order valence-corrected chi connectivity index (χ2v) is 7.82. The number of carbonyl (C=O) groups excluding carboxylic acids is 1. The predicted molar refractivity (Wildman–Crippen MR) is 117 cm³/mol. The average Bonchev–Trinajstić information content (AvgIpc) is 3.39. The summed E-state index contributed by atoms with van der Waals surface area (Å²) in [6.45, 7) is 0.870. The molecule has 0 radical (unpaired) electrons. The Labute approximate surface area is 177 Å². The number of amides is 1. The number of hydrogen-bond donors (Lipinski definition) is 1. The maximum absolute atomic E-state index is 13.6. The van der Waals surface area contributed by atoms with Gasteiger partial charge in [0.15, 0.2) is 0 Å². The van der Waals surface area contributed by atoms with Crippen LogP contribution in [0.3, 0.4) is 0 Å². The van der Waals surface area contributed by atoms with E-state index in [2.05, 4.69) is 5.32 Å². The minimum Gasteiger partial charge on any atom is -0.347 e. The normalized spacial score (nSPS) is 11.4. The number of aromatic nitrogens is 1. The first-order valence-electron chi connectivity index (χ1n) is 9.39. The number of nitrogens with zero attached hydrogens (tertiary/aromatic N) is 2. The van der Waals surface area contributed by atoms with E-state index < -0.39 is 5.91 Å². The van der Waals surface area contributed by atoms with Gasteiger partial charge in [-0.3, -0.25) is 4.79 Å². The molecule has 0 saturated heterocycles. The summed E-state index contributed by atoms with van der Waals surface area (Å²) in [6, 6.07) is 20.1. The topological polar surface area (TPSA) is 57.8 Å². The molecule has 0 saturated carbocycles. The van der Waals surface area contributed by atoms with E-state index in [4.69, 9.17) is 0 Å². The third kappa shape index (κ3) is 4.32. The van der Waals surface area contributed by atoms with E-state index in [0.717, 1.165) is 26.9 Å². The van der Waals surface area contributed by atoms with Crippen molar-refractivity contribution in [1.82, 2.24) is 9.88 Å². The molecule has 1 amide bonds. The average molecular weight is 415 g/mol. The second kappa shape index (κ2) is 8.76. The highest BCUT2D eigenvalue weighted by molar-refractivity contribution is 7.09. The van der Waals surface area contributed by atoms with Crippen LogP contribution < -0.4 is 5.32 Å². The highest BCUT2D eigenvalue weighted by atomic mass is 32.1. The van der Waals surface area contributed by atoms with Crippen molar-refractivity contribution in [3.63, 3.8) is 0 Å². The van der Waals surface area contributed by atoms with E-state index in [-0.39, 0.29) is 11.4 Å². The number of benzene rings is 2. The summed E-state index contributed by atoms with van der Waals surface area (Å²) in [7, 11) is 0. The molecule has 2 heterocycles. The van der Waals surface area contributed by atoms with Gasteiger partial charge in [0, 0.05) is 34.1 Å². The van der Waals surface area contributed by atoms with Crippen molar-refractivity contribution in [3.8, 4) is 6.07 Å². The summed E-state index contributed by atoms with van der Waals surface area (Å²) >= 11 is 1.55. The lowest BCUT2D eigenvalue weighted by atomic mass is 10.1. The summed E-state index contributed by atoms with van der Waals surface area (Å²) in [5.74, 6) is -0.689. The smallest absolute Gasteiger partial charge is 0.262 e. The molecule has 0 unspecified atom stereocenters. The highest BCUT2D eigenvalue weighted by Gasteiger charge is 2.13. The number of fused-ring (bicyclic) bond motifs is 1. The Morgan fingerprint density at radius 1 is 1.17 bits per heavy atom. The van der Waals surface area contributed by atoms with E-state index in [9.17, 15) is 14.4 Å². The molecule has 0 aliphatic carbocycles. The van der Waals surface area contributed by atoms with Gasteiger partial charge >= 0.3 is 0 Å². The largest absolute Gasteiger partial charge is 0.347 e. The quantitative estimate of drug-likeness (QED) is 0.351. The molecule has 6 heteroatoms. The van der Waals surface area contributed by atoms with Crippen LogP contribution in [0.1, 0.15) is 16.0 Å². The molecule has 0 aliphatic rings. The van der Waals surface area contributed by atoms with Crippen molar-refractivity contribution in [1.29, 1.82) is 5.26 Å². The van der Waals surface area contributed by atoms with E-state index in [1.807, 2.05) is 64.7 Å². The molecule has 0 bridgehead atoms. The van der Waals surface area contributed by atoms with Crippen molar-refractivity contribution < 1.29 is 9.18 Å². The summed E-state index contributed by atoms with van der Waals surface area (Å²) in [6.07, 6.45) is 3.49. The van der Waals surface area contributed by atoms with Crippen LogP contribution in [0.2, 0.25) is 0 Å². The molecule has 1 N–H and O–H groups in total. The fraction of sp³-hybridized carbons (Fsp3) is 0.0833. The first-order valence-corrected chi connectivity index (χ1v) is 10.3. The Hall–Kier alpha value is -3.69. The molecule has 30 heavy (non-hydrogen) atoms. The lowest BCUT2D eigenvalue weighted by molar-refractivity contribution is -0.117. The SMILES string of the molecule is N#CC(=Cc1cn(Cc2cccc(F)c2)c2ccccc12)C(=O)NCc1cccs1. The molecule has 2 aromatic heterocycles. The monoisotopic (exact) mass is 415 g/mol. The van der Waals surface area contributed by atoms with Crippen LogP contribution in [0.4, 0.5) is 4.39 Å². The molecule has 0 fully saturated rings. The zero-order chi connectivity index (χ0) is 20.9. The molecule has 0 spiro atoms. The number of hydrogen-bond acceptors (Lipinski definition) is 3. The van der Waals surface area contributed by atoms with Crippen LogP contribution in [0.5, 0.6) is 0 Å². The molecule has 4 rings (SSSR count). The van der Waals surface area contributed by atoms with E-state index in [1.165, 1.54) is 12.1 Å². The first-order chi connectivity index (χ1) is 14.6. The van der Waals surface area contributed by atoms with Crippen molar-refractivity contribution in [3.05, 3.63) is 99.6 Å². The zero-order valence-corrected chi connectivity index (χ0v) is 16.8. The van der Waals surface area contributed by atoms with Gasteiger partial charge in [0.2, 0.25) is 0 Å². The Kier molecular flexibility index (Phi) is 5.73. The predicted octanol–water partition coefficient (Wildman–Crippen LogP) is 5.11. The third-order valence-electron chi connectivity index (χ3n) is 4.73. The van der Waals surface area contributed by atoms with Gasteiger partial charge in [0.1, 0.15) is 17.5 Å². The highest BCUT2D eigenvalue weighted by Crippen LogP contribution is 2.25. The molecule has 4 aromatic rings. The van der Waals surface area contributed by atoms with Gasteiger partial charge < -0.3 is 9.88 Å². The molecular weight excluding hydrogens is 397 g/mol. The molecule has 0 aliphatic heterocycles. The molecular formula is C24H18FN3OS. The van der Waals surface area contributed by atoms with Crippen LogP contribution in [0.25, 0.3) is 17.0 Å². The van der Waals surface area contributed by atoms with Crippen LogP contribution in [0.15, 0.2) is 77.8 Å². The Morgan fingerprint density at radius 3 is 2.80 bits per heavy atom. The van der Waals surface area contributed by atoms with Crippen LogP contribution >= 0.6 is 11.3 Å². The summed E-state index contributed by atoms with van der Waals surface area (Å²) in [5, 5.41) is 15.2. The minimum absolute atomic E-state index is 0.0419. The van der Waals surface area contributed by atoms with Crippen molar-refractivity contribution >= 4 is 34.2 Å². The van der Waals surface area contributed by atoms with Gasteiger partial charge in [-0.15, -0.1) is 11.3 Å². The number of halogens is 1. The lowest BCUT2D eigenvalue weighted by Crippen LogP contribution is -2.23. The number of thiophene rings is 1. The fourth-order valence-corrected chi connectivity index (χ4v) is 3.98. The van der Waals surface area contributed by atoms with Gasteiger partial charge in [-0.25, -0.2) is 4.39 Å². The van der Waals surface area contributed by atoms with Crippen molar-refractivity contribution in [2.45, 2.75) is 13.1 Å². The van der Waals surface area contributed by atoms with Gasteiger partial charge in [0.25, 0.3) is 5.91 Å². The molecule has 0 atom stereocenters. The van der Waals surface area contributed by atoms with Crippen molar-refractivity contribution in [2.75, 3.05) is 0 Å². The maximum Gasteiger partial charge on any atom is 0.262 e. The summed E-state index contributed by atoms with van der Waals surface area (Å²) < 4.78 is 15.6. The molecule has 148 valence electrons. The number of para-hydroxylation sites is 1. The van der Waals surface area contributed by atoms with Gasteiger partial charge in [-0.2, -0.15) is 5.26 Å². The van der Waals surface area contributed by atoms with Gasteiger partial charge in [-0.05, 0) is 41.3 Å². The van der Waals surface area contributed by atoms with E-state index in [1.54, 1.807) is 23.5 Å². The Bertz CT molecular complexity index is 1270. The fourth-order valence-electron chi connectivity index (χ4n) is 3.33. The number of nitriles is 1. The van der Waals surface area contributed by atoms with Crippen molar-refractivity contribution in [2.24, 2.45) is 0 Å². The van der Waals surface area contributed by atoms with Crippen LogP contribution in [0, 0.1) is 17.1 Å². The minimum atomic E-state index is -0.409. The Balaban J connectivity index is 1.64. The first kappa shape index (κ1) is 19.6. The van der Waals surface area contributed by atoms with Gasteiger partial charge in [0.05, 0.1) is 6.54 Å². The van der Waals surface area contributed by atoms with E-state index in [0.29, 0.717) is 13.1 Å². The zero-order valence-electron chi connectivity index (χ0n) is 16.0. The molecule has 2 aromatic carbocycles. The van der Waals surface area contributed by atoms with Crippen LogP contribution in [-0.2, 0) is 17.9 Å². The Morgan fingerprint density at radius 2 is 2.03 bits per heavy atom. The third-order valence-corrected chi connectivity index (χ3v) is 5.61. The second-order valence-electron chi connectivity index (χ2n) is 6.79. The maximum atomic E-state index is 13.6. The number of carbonyl (C=O) groups is 1. The standard InChI is InChI=1S/C24H18FN3OS/c25-20-6-3-5-17(11-20)15-28-16-19(22-8-1-2-9-23(22)28)12-18(13-26)24(29)27-14-21-7-4-10-30-21/h1-12,16H,14-15H2,(H,27,29). The number of rotatable bonds is 6. The summed E-state index contributed by atoms with van der Waals surface area (Å²) in [4.78, 5) is 13.5. The summed E-state index contributed by atoms with van der Waals surface area (Å²) in [5.41, 5.74) is 2.59. The molecule has 4 nitrogen and oxygen atoms in total. The lowest BCUT2D eigenvalue weighted by Gasteiger charge is -2.05. The van der Waals surface area contributed by atoms with E-state index >= 15 is 0 Å². The van der Waals surface area contributed by atoms with Gasteiger partial charge in [-0.1, -0.05) is 36.4 Å². The number of nitrogens with one attached hydrogen (secondary N) is 1. The van der Waals surface area contributed by atoms with Crippen LogP contribution in [-0.4, -0.2) is 10.5 Å².